The molecule has 1 unspecified atom stereocenters. The molecule has 7 heteroatoms. The fraction of sp³-hybridized carbons (Fsp3) is 0.333. The maximum absolute atomic E-state index is 13.7. The summed E-state index contributed by atoms with van der Waals surface area (Å²) in [5, 5.41) is 4.47. The molecular weight excluding hydrogens is 466 g/mol. The lowest BCUT2D eigenvalue weighted by molar-refractivity contribution is -0.131. The Morgan fingerprint density at radius 1 is 0.946 bits per heavy atom. The van der Waals surface area contributed by atoms with E-state index in [0.717, 1.165) is 28.3 Å². The minimum Gasteiger partial charge on any atom is -0.497 e. The van der Waals surface area contributed by atoms with E-state index in [9.17, 15) is 9.59 Å². The molecule has 0 aromatic heterocycles. The monoisotopic (exact) mass is 503 g/mol. The van der Waals surface area contributed by atoms with E-state index in [1.807, 2.05) is 101 Å². The molecule has 0 radical (unpaired) electrons. The van der Waals surface area contributed by atoms with Gasteiger partial charge in [-0.1, -0.05) is 29.8 Å². The lowest BCUT2D eigenvalue weighted by atomic mass is 10.0. The van der Waals surface area contributed by atoms with E-state index in [-0.39, 0.29) is 17.4 Å². The van der Waals surface area contributed by atoms with Crippen molar-refractivity contribution in [3.8, 4) is 11.5 Å². The quantitative estimate of drug-likeness (QED) is 0.362. The summed E-state index contributed by atoms with van der Waals surface area (Å²) in [7, 11) is 1.60. The summed E-state index contributed by atoms with van der Waals surface area (Å²) < 4.78 is 11.1. The number of carbonyl (C=O) groups is 2. The lowest BCUT2D eigenvalue weighted by Gasteiger charge is -2.28. The van der Waals surface area contributed by atoms with Gasteiger partial charge in [0.1, 0.15) is 23.1 Å². The van der Waals surface area contributed by atoms with Crippen molar-refractivity contribution >= 4 is 17.5 Å². The molecule has 0 fully saturated rings. The van der Waals surface area contributed by atoms with Crippen molar-refractivity contribution in [2.45, 2.75) is 52.7 Å². The van der Waals surface area contributed by atoms with Gasteiger partial charge in [-0.3, -0.25) is 20.0 Å². The molecule has 7 nitrogen and oxygen atoms in total. The first-order chi connectivity index (χ1) is 17.6. The van der Waals surface area contributed by atoms with Crippen molar-refractivity contribution in [2.75, 3.05) is 19.1 Å². The molecule has 0 saturated carbocycles. The second-order valence-electron chi connectivity index (χ2n) is 9.88. The van der Waals surface area contributed by atoms with Gasteiger partial charge < -0.3 is 14.8 Å². The predicted molar refractivity (Wildman–Crippen MR) is 147 cm³/mol. The standard InChI is InChI=1S/C30H37N3O4/c1-7-33(32-24-13-17-25(36-6)18-14-24)29(35)27(31-28(34)23-10-8-9-21(2)19-23)20-22-11-15-26(16-12-22)37-30(3,4)5/h8-19,27,32H,7,20H2,1-6H3,(H,31,34). The smallest absolute Gasteiger partial charge is 0.263 e. The molecule has 0 saturated heterocycles. The fourth-order valence-corrected chi connectivity index (χ4v) is 3.81. The van der Waals surface area contributed by atoms with Crippen LogP contribution in [0.15, 0.2) is 72.8 Å². The molecule has 3 rings (SSSR count). The van der Waals surface area contributed by atoms with Crippen LogP contribution in [-0.2, 0) is 11.2 Å². The number of nitrogens with zero attached hydrogens (tertiary/aromatic N) is 1. The van der Waals surface area contributed by atoms with Gasteiger partial charge in [0.25, 0.3) is 11.8 Å². The van der Waals surface area contributed by atoms with Gasteiger partial charge in [-0.05, 0) is 88.7 Å². The van der Waals surface area contributed by atoms with Crippen LogP contribution in [0.4, 0.5) is 5.69 Å². The van der Waals surface area contributed by atoms with Crippen LogP contribution in [0.2, 0.25) is 0 Å². The highest BCUT2D eigenvalue weighted by Crippen LogP contribution is 2.20. The minimum absolute atomic E-state index is 0.241. The lowest BCUT2D eigenvalue weighted by Crippen LogP contribution is -2.51. The fourth-order valence-electron chi connectivity index (χ4n) is 3.81. The molecule has 1 atom stereocenters. The first kappa shape index (κ1) is 27.6. The summed E-state index contributed by atoms with van der Waals surface area (Å²) in [4.78, 5) is 26.8. The molecule has 0 bridgehead atoms. The third-order valence-electron chi connectivity index (χ3n) is 5.61. The number of hydrazine groups is 1. The van der Waals surface area contributed by atoms with Crippen LogP contribution in [-0.4, -0.2) is 42.1 Å². The zero-order valence-electron chi connectivity index (χ0n) is 22.5. The largest absolute Gasteiger partial charge is 0.497 e. The van der Waals surface area contributed by atoms with Gasteiger partial charge in [0.05, 0.1) is 12.8 Å². The number of rotatable bonds is 10. The highest BCUT2D eigenvalue weighted by molar-refractivity contribution is 5.98. The Balaban J connectivity index is 1.82. The van der Waals surface area contributed by atoms with Crippen LogP contribution in [0.5, 0.6) is 11.5 Å². The number of ether oxygens (including phenoxy) is 2. The van der Waals surface area contributed by atoms with Crippen molar-refractivity contribution in [3.05, 3.63) is 89.5 Å². The van der Waals surface area contributed by atoms with E-state index >= 15 is 0 Å². The van der Waals surface area contributed by atoms with E-state index in [1.165, 1.54) is 5.01 Å². The molecule has 0 aliphatic rings. The Labute approximate surface area is 219 Å². The molecule has 0 aliphatic carbocycles. The molecule has 3 aromatic rings. The topological polar surface area (TPSA) is 79.9 Å². The first-order valence-electron chi connectivity index (χ1n) is 12.5. The van der Waals surface area contributed by atoms with Crippen molar-refractivity contribution in [1.82, 2.24) is 10.3 Å². The van der Waals surface area contributed by atoms with Gasteiger partial charge in [-0.2, -0.15) is 0 Å². The Hall–Kier alpha value is -4.00. The number of hydrogen-bond donors (Lipinski definition) is 2. The number of nitrogens with one attached hydrogen (secondary N) is 2. The molecule has 0 aliphatic heterocycles. The van der Waals surface area contributed by atoms with Crippen LogP contribution < -0.4 is 20.2 Å². The average Bonchev–Trinajstić information content (AvgIpc) is 2.87. The Kier molecular flexibility index (Phi) is 9.17. The zero-order chi connectivity index (χ0) is 27.0. The van der Waals surface area contributed by atoms with Gasteiger partial charge >= 0.3 is 0 Å². The molecule has 196 valence electrons. The third-order valence-corrected chi connectivity index (χ3v) is 5.61. The third kappa shape index (κ3) is 8.27. The van der Waals surface area contributed by atoms with Crippen LogP contribution in [0.25, 0.3) is 0 Å². The highest BCUT2D eigenvalue weighted by Gasteiger charge is 2.27. The van der Waals surface area contributed by atoms with Crippen molar-refractivity contribution in [1.29, 1.82) is 0 Å². The number of carbonyl (C=O) groups excluding carboxylic acids is 2. The van der Waals surface area contributed by atoms with E-state index in [1.54, 1.807) is 13.2 Å². The maximum atomic E-state index is 13.7. The zero-order valence-corrected chi connectivity index (χ0v) is 22.5. The number of aryl methyl sites for hydroxylation is 1. The number of hydrogen-bond acceptors (Lipinski definition) is 5. The number of anilines is 1. The summed E-state index contributed by atoms with van der Waals surface area (Å²) in [5.41, 5.74) is 5.98. The predicted octanol–water partition coefficient (Wildman–Crippen LogP) is 5.40. The average molecular weight is 504 g/mol. The van der Waals surface area contributed by atoms with Gasteiger partial charge in [-0.15, -0.1) is 0 Å². The van der Waals surface area contributed by atoms with Crippen molar-refractivity contribution in [2.24, 2.45) is 0 Å². The second-order valence-corrected chi connectivity index (χ2v) is 9.88. The normalized spacial score (nSPS) is 11.8. The van der Waals surface area contributed by atoms with E-state index in [4.69, 9.17) is 9.47 Å². The van der Waals surface area contributed by atoms with E-state index in [0.29, 0.717) is 18.5 Å². The minimum atomic E-state index is -0.784. The molecule has 37 heavy (non-hydrogen) atoms. The van der Waals surface area contributed by atoms with Gasteiger partial charge in [-0.25, -0.2) is 0 Å². The molecule has 0 heterocycles. The van der Waals surface area contributed by atoms with Crippen molar-refractivity contribution < 1.29 is 19.1 Å². The van der Waals surface area contributed by atoms with Gasteiger partial charge in [0.2, 0.25) is 0 Å². The summed E-state index contributed by atoms with van der Waals surface area (Å²) in [6.45, 7) is 10.2. The maximum Gasteiger partial charge on any atom is 0.263 e. The number of benzene rings is 3. The van der Waals surface area contributed by atoms with E-state index in [2.05, 4.69) is 10.7 Å². The van der Waals surface area contributed by atoms with Crippen LogP contribution >= 0.6 is 0 Å². The summed E-state index contributed by atoms with van der Waals surface area (Å²) in [6.07, 6.45) is 0.326. The van der Waals surface area contributed by atoms with Gasteiger partial charge in [0.15, 0.2) is 0 Å². The summed E-state index contributed by atoms with van der Waals surface area (Å²) >= 11 is 0. The first-order valence-corrected chi connectivity index (χ1v) is 12.5. The van der Waals surface area contributed by atoms with E-state index < -0.39 is 6.04 Å². The highest BCUT2D eigenvalue weighted by atomic mass is 16.5. The molecule has 2 amide bonds. The Bertz CT molecular complexity index is 1180. The van der Waals surface area contributed by atoms with Gasteiger partial charge in [0, 0.05) is 18.5 Å². The number of amides is 2. The Morgan fingerprint density at radius 2 is 1.59 bits per heavy atom. The summed E-state index contributed by atoms with van der Waals surface area (Å²) in [5.74, 6) is 0.936. The summed E-state index contributed by atoms with van der Waals surface area (Å²) in [6, 6.07) is 21.5. The SMILES string of the molecule is CCN(Nc1ccc(OC)cc1)C(=O)C(Cc1ccc(OC(C)(C)C)cc1)NC(=O)c1cccc(C)c1. The second kappa shape index (κ2) is 12.3. The number of likely N-dealkylation sites (N-methyl/N-ethyl adjacent to an activating group) is 1. The van der Waals surface area contributed by atoms with Crippen LogP contribution in [0.3, 0.4) is 0 Å². The van der Waals surface area contributed by atoms with Crippen LogP contribution in [0.1, 0.15) is 49.2 Å². The van der Waals surface area contributed by atoms with Crippen LogP contribution in [0, 0.1) is 6.92 Å². The molecule has 3 aromatic carbocycles. The molecule has 0 spiro atoms. The van der Waals surface area contributed by atoms with Crippen molar-refractivity contribution in [3.63, 3.8) is 0 Å². The Morgan fingerprint density at radius 3 is 2.16 bits per heavy atom. The molecular formula is C30H37N3O4. The number of methoxy groups -OCH3 is 1. The molecule has 2 N–H and O–H groups in total.